The third kappa shape index (κ3) is 3.32. The zero-order valence-corrected chi connectivity index (χ0v) is 12.1. The number of hydrogen-bond donors (Lipinski definition) is 3. The highest BCUT2D eigenvalue weighted by atomic mass is 32.2. The molecular formula is C14H15N3O3S. The molecule has 0 spiro atoms. The van der Waals surface area contributed by atoms with Crippen molar-refractivity contribution < 1.29 is 13.2 Å². The number of anilines is 1. The molecule has 0 atom stereocenters. The van der Waals surface area contributed by atoms with Crippen molar-refractivity contribution in [3.05, 3.63) is 54.1 Å². The summed E-state index contributed by atoms with van der Waals surface area (Å²) in [6.07, 6.45) is 0. The van der Waals surface area contributed by atoms with Crippen LogP contribution in [0.2, 0.25) is 0 Å². The molecule has 0 unspecified atom stereocenters. The molecule has 0 aliphatic carbocycles. The Hall–Kier alpha value is -2.54. The third-order valence-electron chi connectivity index (χ3n) is 2.81. The maximum atomic E-state index is 12.3. The van der Waals surface area contributed by atoms with Crippen LogP contribution in [0.4, 0.5) is 5.69 Å². The summed E-state index contributed by atoms with van der Waals surface area (Å²) < 4.78 is 32.1. The van der Waals surface area contributed by atoms with E-state index in [9.17, 15) is 8.42 Å². The monoisotopic (exact) mass is 305 g/mol. The smallest absolute Gasteiger partial charge is 0.262 e. The summed E-state index contributed by atoms with van der Waals surface area (Å²) in [4.78, 5) is 0.155. The highest BCUT2D eigenvalue weighted by Gasteiger charge is 2.16. The van der Waals surface area contributed by atoms with Gasteiger partial charge in [0.25, 0.3) is 10.0 Å². The Labute approximate surface area is 123 Å². The van der Waals surface area contributed by atoms with E-state index in [0.717, 1.165) is 0 Å². The molecule has 6 nitrogen and oxygen atoms in total. The normalized spacial score (nSPS) is 10.9. The molecule has 0 radical (unpaired) electrons. The van der Waals surface area contributed by atoms with Gasteiger partial charge >= 0.3 is 0 Å². The van der Waals surface area contributed by atoms with Crippen LogP contribution in [0.5, 0.6) is 5.75 Å². The topological polar surface area (TPSA) is 105 Å². The van der Waals surface area contributed by atoms with E-state index in [0.29, 0.717) is 11.3 Å². The summed E-state index contributed by atoms with van der Waals surface area (Å²) in [5.41, 5.74) is 6.13. The second-order valence-corrected chi connectivity index (χ2v) is 5.93. The molecule has 0 aliphatic heterocycles. The second-order valence-electron chi connectivity index (χ2n) is 4.25. The van der Waals surface area contributed by atoms with Crippen molar-refractivity contribution in [2.75, 3.05) is 11.8 Å². The van der Waals surface area contributed by atoms with Gasteiger partial charge in [0.05, 0.1) is 17.7 Å². The lowest BCUT2D eigenvalue weighted by Crippen LogP contribution is -2.15. The quantitative estimate of drug-likeness (QED) is 0.578. The lowest BCUT2D eigenvalue weighted by atomic mass is 10.2. The summed E-state index contributed by atoms with van der Waals surface area (Å²) in [7, 11) is -2.28. The van der Waals surface area contributed by atoms with Gasteiger partial charge in [-0.05, 0) is 30.3 Å². The molecule has 0 aliphatic rings. The summed E-state index contributed by atoms with van der Waals surface area (Å²) in [6, 6.07) is 12.6. The van der Waals surface area contributed by atoms with Gasteiger partial charge in [0.2, 0.25) is 0 Å². The summed E-state index contributed by atoms with van der Waals surface area (Å²) in [5, 5.41) is 7.38. The van der Waals surface area contributed by atoms with Crippen molar-refractivity contribution >= 4 is 21.5 Å². The standard InChI is InChI=1S/C14H15N3O3S/c1-20-13-9-10(14(15)16)7-8-12(13)17-21(18,19)11-5-3-2-4-6-11/h2-9,17H,1H3,(H3,15,16). The van der Waals surface area contributed by atoms with E-state index in [2.05, 4.69) is 4.72 Å². The SMILES string of the molecule is COc1cc(C(=N)N)ccc1NS(=O)(=O)c1ccccc1. The average molecular weight is 305 g/mol. The molecule has 2 aromatic rings. The van der Waals surface area contributed by atoms with E-state index >= 15 is 0 Å². The summed E-state index contributed by atoms with van der Waals surface area (Å²) in [5.74, 6) is 0.174. The average Bonchev–Trinajstić information content (AvgIpc) is 2.48. The third-order valence-corrected chi connectivity index (χ3v) is 4.19. The van der Waals surface area contributed by atoms with Gasteiger partial charge in [0, 0.05) is 5.56 Å². The van der Waals surface area contributed by atoms with Gasteiger partial charge < -0.3 is 10.5 Å². The molecule has 21 heavy (non-hydrogen) atoms. The van der Waals surface area contributed by atoms with Crippen LogP contribution in [0.25, 0.3) is 0 Å². The predicted molar refractivity (Wildman–Crippen MR) is 81.3 cm³/mol. The minimum Gasteiger partial charge on any atom is -0.495 e. The fraction of sp³-hybridized carbons (Fsp3) is 0.0714. The zero-order chi connectivity index (χ0) is 15.5. The molecular weight excluding hydrogens is 290 g/mol. The fourth-order valence-corrected chi connectivity index (χ4v) is 2.84. The van der Waals surface area contributed by atoms with Gasteiger partial charge in [-0.2, -0.15) is 0 Å². The lowest BCUT2D eigenvalue weighted by molar-refractivity contribution is 0.417. The van der Waals surface area contributed by atoms with Crippen LogP contribution in [-0.2, 0) is 10.0 Å². The minimum atomic E-state index is -3.69. The van der Waals surface area contributed by atoms with Crippen molar-refractivity contribution in [3.63, 3.8) is 0 Å². The van der Waals surface area contributed by atoms with Crippen molar-refractivity contribution in [1.82, 2.24) is 0 Å². The Balaban J connectivity index is 2.38. The van der Waals surface area contributed by atoms with Gasteiger partial charge in [-0.25, -0.2) is 8.42 Å². The number of amidine groups is 1. The van der Waals surface area contributed by atoms with E-state index in [1.54, 1.807) is 24.3 Å². The Bertz CT molecular complexity index is 758. The fourth-order valence-electron chi connectivity index (χ4n) is 1.75. The van der Waals surface area contributed by atoms with Crippen LogP contribution in [0.3, 0.4) is 0 Å². The first-order valence-corrected chi connectivity index (χ1v) is 7.52. The maximum Gasteiger partial charge on any atom is 0.262 e. The summed E-state index contributed by atoms with van der Waals surface area (Å²) >= 11 is 0. The van der Waals surface area contributed by atoms with Crippen LogP contribution in [0, 0.1) is 5.41 Å². The molecule has 2 aromatic carbocycles. The molecule has 0 saturated heterocycles. The highest BCUT2D eigenvalue weighted by molar-refractivity contribution is 7.92. The number of nitrogen functional groups attached to an aromatic ring is 1. The number of benzene rings is 2. The van der Waals surface area contributed by atoms with E-state index in [1.807, 2.05) is 0 Å². The first kappa shape index (κ1) is 14.9. The number of hydrogen-bond acceptors (Lipinski definition) is 4. The van der Waals surface area contributed by atoms with Gasteiger partial charge in [-0.1, -0.05) is 18.2 Å². The van der Waals surface area contributed by atoms with Crippen molar-refractivity contribution in [1.29, 1.82) is 5.41 Å². The second kappa shape index (κ2) is 5.84. The molecule has 0 fully saturated rings. The van der Waals surface area contributed by atoms with Crippen molar-refractivity contribution in [2.24, 2.45) is 5.73 Å². The van der Waals surface area contributed by atoms with Crippen LogP contribution in [0.15, 0.2) is 53.4 Å². The van der Waals surface area contributed by atoms with Gasteiger partial charge in [0.15, 0.2) is 0 Å². The molecule has 7 heteroatoms. The Morgan fingerprint density at radius 2 is 1.86 bits per heavy atom. The van der Waals surface area contributed by atoms with Crippen LogP contribution in [-0.4, -0.2) is 21.4 Å². The van der Waals surface area contributed by atoms with E-state index in [-0.39, 0.29) is 16.4 Å². The Morgan fingerprint density at radius 3 is 2.43 bits per heavy atom. The van der Waals surface area contributed by atoms with Gasteiger partial charge in [-0.3, -0.25) is 10.1 Å². The van der Waals surface area contributed by atoms with Crippen LogP contribution in [0.1, 0.15) is 5.56 Å². The molecule has 0 aromatic heterocycles. The molecule has 2 rings (SSSR count). The first-order chi connectivity index (χ1) is 9.94. The molecule has 0 saturated carbocycles. The molecule has 4 N–H and O–H groups in total. The summed E-state index contributed by atoms with van der Waals surface area (Å²) in [6.45, 7) is 0. The van der Waals surface area contributed by atoms with E-state index < -0.39 is 10.0 Å². The first-order valence-electron chi connectivity index (χ1n) is 6.04. The van der Waals surface area contributed by atoms with Gasteiger partial charge in [0.1, 0.15) is 11.6 Å². The number of nitrogens with two attached hydrogens (primary N) is 1. The number of ether oxygens (including phenoxy) is 1. The lowest BCUT2D eigenvalue weighted by Gasteiger charge is -2.13. The molecule has 0 amide bonds. The zero-order valence-electron chi connectivity index (χ0n) is 11.3. The van der Waals surface area contributed by atoms with Gasteiger partial charge in [-0.15, -0.1) is 0 Å². The minimum absolute atomic E-state index is 0.120. The van der Waals surface area contributed by atoms with Crippen LogP contribution >= 0.6 is 0 Å². The number of rotatable bonds is 5. The Kier molecular flexibility index (Phi) is 4.13. The highest BCUT2D eigenvalue weighted by Crippen LogP contribution is 2.27. The molecule has 110 valence electrons. The Morgan fingerprint density at radius 1 is 1.19 bits per heavy atom. The largest absolute Gasteiger partial charge is 0.495 e. The van der Waals surface area contributed by atoms with Crippen LogP contribution < -0.4 is 15.2 Å². The van der Waals surface area contributed by atoms with Crippen molar-refractivity contribution in [3.8, 4) is 5.75 Å². The number of sulfonamides is 1. The number of methoxy groups -OCH3 is 1. The van der Waals surface area contributed by atoms with E-state index in [1.165, 1.54) is 31.4 Å². The molecule has 0 heterocycles. The predicted octanol–water partition coefficient (Wildman–Crippen LogP) is 1.78. The molecule has 0 bridgehead atoms. The number of nitrogens with one attached hydrogen (secondary N) is 2. The maximum absolute atomic E-state index is 12.3. The van der Waals surface area contributed by atoms with Crippen molar-refractivity contribution in [2.45, 2.75) is 4.90 Å². The van der Waals surface area contributed by atoms with E-state index in [4.69, 9.17) is 15.9 Å².